The number of fused-ring (bicyclic) bond motifs is 1. The van der Waals surface area contributed by atoms with Crippen molar-refractivity contribution in [3.05, 3.63) is 39.8 Å². The van der Waals surface area contributed by atoms with Crippen LogP contribution in [0, 0.1) is 0 Å². The van der Waals surface area contributed by atoms with Gasteiger partial charge in [-0.05, 0) is 18.2 Å². The predicted octanol–water partition coefficient (Wildman–Crippen LogP) is 1.55. The number of methoxy groups -OCH3 is 1. The van der Waals surface area contributed by atoms with Crippen molar-refractivity contribution in [3.63, 3.8) is 0 Å². The van der Waals surface area contributed by atoms with Gasteiger partial charge < -0.3 is 20.1 Å². The number of carbonyl (C=O) groups excluding carboxylic acids is 2. The molecule has 2 N–H and O–H groups in total. The largest absolute Gasteiger partial charge is 0.482 e. The second kappa shape index (κ2) is 6.76. The Morgan fingerprint density at radius 2 is 2.39 bits per heavy atom. The normalized spacial score (nSPS) is 13.0. The topological polar surface area (TPSA) is 89.5 Å². The average molecular weight is 333 g/mol. The van der Waals surface area contributed by atoms with Crippen molar-refractivity contribution >= 4 is 28.8 Å². The summed E-state index contributed by atoms with van der Waals surface area (Å²) in [5.74, 6) is 0.0852. The number of benzene rings is 1. The number of anilines is 1. The Labute approximate surface area is 136 Å². The van der Waals surface area contributed by atoms with E-state index in [1.54, 1.807) is 25.3 Å². The zero-order chi connectivity index (χ0) is 16.2. The first-order chi connectivity index (χ1) is 11.2. The van der Waals surface area contributed by atoms with Gasteiger partial charge >= 0.3 is 0 Å². The molecule has 0 spiro atoms. The molecular weight excluding hydrogens is 318 g/mol. The molecule has 1 aliphatic rings. The first kappa shape index (κ1) is 15.4. The lowest BCUT2D eigenvalue weighted by Gasteiger charge is -2.18. The van der Waals surface area contributed by atoms with Crippen molar-refractivity contribution in [2.45, 2.75) is 13.2 Å². The van der Waals surface area contributed by atoms with E-state index < -0.39 is 0 Å². The summed E-state index contributed by atoms with van der Waals surface area (Å²) in [4.78, 5) is 27.9. The highest BCUT2D eigenvalue weighted by Crippen LogP contribution is 2.28. The van der Waals surface area contributed by atoms with Gasteiger partial charge in [-0.1, -0.05) is 0 Å². The Morgan fingerprint density at radius 3 is 3.22 bits per heavy atom. The highest BCUT2D eigenvalue weighted by molar-refractivity contribution is 7.09. The molecule has 0 fully saturated rings. The standard InChI is InChI=1S/C15H15N3O4S/c1-21-7-14-17-10(8-23-14)5-16-15(20)9-2-3-12-11(4-9)18-13(19)6-22-12/h2-4,8H,5-7H2,1H3,(H,16,20)(H,18,19). The third-order valence-corrected chi connectivity index (χ3v) is 4.04. The van der Waals surface area contributed by atoms with E-state index in [1.165, 1.54) is 11.3 Å². The van der Waals surface area contributed by atoms with Crippen molar-refractivity contribution in [1.29, 1.82) is 0 Å². The number of aromatic nitrogens is 1. The zero-order valence-corrected chi connectivity index (χ0v) is 13.2. The van der Waals surface area contributed by atoms with E-state index in [2.05, 4.69) is 15.6 Å². The maximum Gasteiger partial charge on any atom is 0.262 e. The molecule has 0 atom stereocenters. The van der Waals surface area contributed by atoms with Crippen molar-refractivity contribution in [1.82, 2.24) is 10.3 Å². The minimum atomic E-state index is -0.242. The highest BCUT2D eigenvalue weighted by Gasteiger charge is 2.17. The van der Waals surface area contributed by atoms with Crippen molar-refractivity contribution in [2.24, 2.45) is 0 Å². The van der Waals surface area contributed by atoms with Gasteiger partial charge in [0.15, 0.2) is 6.61 Å². The molecule has 0 bridgehead atoms. The Hall–Kier alpha value is -2.45. The van der Waals surface area contributed by atoms with Gasteiger partial charge in [-0.2, -0.15) is 0 Å². The summed E-state index contributed by atoms with van der Waals surface area (Å²) < 4.78 is 10.3. The van der Waals surface area contributed by atoms with Gasteiger partial charge in [0.2, 0.25) is 0 Å². The number of nitrogens with one attached hydrogen (secondary N) is 2. The third kappa shape index (κ3) is 3.66. The minimum absolute atomic E-state index is 0.00776. The van der Waals surface area contributed by atoms with Crippen LogP contribution in [0.5, 0.6) is 5.75 Å². The molecule has 8 heteroatoms. The summed E-state index contributed by atoms with van der Waals surface area (Å²) in [6.07, 6.45) is 0. The van der Waals surface area contributed by atoms with Crippen molar-refractivity contribution < 1.29 is 19.1 Å². The van der Waals surface area contributed by atoms with Gasteiger partial charge in [-0.3, -0.25) is 9.59 Å². The second-order valence-electron chi connectivity index (χ2n) is 4.90. The maximum atomic E-state index is 12.2. The van der Waals surface area contributed by atoms with Gasteiger partial charge in [0, 0.05) is 18.1 Å². The lowest BCUT2D eigenvalue weighted by Crippen LogP contribution is -2.27. The van der Waals surface area contributed by atoms with E-state index >= 15 is 0 Å². The molecule has 2 amide bonds. The number of amides is 2. The Kier molecular flexibility index (Phi) is 4.54. The Bertz CT molecular complexity index is 744. The molecule has 120 valence electrons. The summed E-state index contributed by atoms with van der Waals surface area (Å²) in [5, 5.41) is 8.23. The molecule has 2 aromatic rings. The van der Waals surface area contributed by atoms with Gasteiger partial charge in [-0.25, -0.2) is 4.98 Å². The monoisotopic (exact) mass is 333 g/mol. The summed E-state index contributed by atoms with van der Waals surface area (Å²) in [5.41, 5.74) is 1.73. The molecule has 0 aliphatic carbocycles. The Balaban J connectivity index is 1.63. The van der Waals surface area contributed by atoms with E-state index in [1.807, 2.05) is 5.38 Å². The highest BCUT2D eigenvalue weighted by atomic mass is 32.1. The van der Waals surface area contributed by atoms with Crippen LogP contribution in [0.15, 0.2) is 23.6 Å². The van der Waals surface area contributed by atoms with Crippen LogP contribution in [0.2, 0.25) is 0 Å². The first-order valence-electron chi connectivity index (χ1n) is 6.93. The molecule has 23 heavy (non-hydrogen) atoms. The molecule has 1 aromatic heterocycles. The number of rotatable bonds is 5. The number of ether oxygens (including phenoxy) is 2. The molecule has 1 aliphatic heterocycles. The molecule has 0 unspecified atom stereocenters. The maximum absolute atomic E-state index is 12.2. The number of thiazole rings is 1. The summed E-state index contributed by atoms with van der Waals surface area (Å²) in [7, 11) is 1.61. The molecule has 0 radical (unpaired) electrons. The fourth-order valence-corrected chi connectivity index (χ4v) is 2.88. The van der Waals surface area contributed by atoms with Crippen molar-refractivity contribution in [2.75, 3.05) is 19.0 Å². The fourth-order valence-electron chi connectivity index (χ4n) is 2.12. The van der Waals surface area contributed by atoms with E-state index in [-0.39, 0.29) is 18.4 Å². The summed E-state index contributed by atoms with van der Waals surface area (Å²) in [6.45, 7) is 0.786. The average Bonchev–Trinajstić information content (AvgIpc) is 3.00. The van der Waals surface area contributed by atoms with E-state index in [0.717, 1.165) is 10.7 Å². The van der Waals surface area contributed by atoms with Crippen molar-refractivity contribution in [3.8, 4) is 5.75 Å². The molecule has 0 saturated carbocycles. The lowest BCUT2D eigenvalue weighted by molar-refractivity contribution is -0.118. The van der Waals surface area contributed by atoms with Crippen LogP contribution >= 0.6 is 11.3 Å². The molecule has 0 saturated heterocycles. The zero-order valence-electron chi connectivity index (χ0n) is 12.4. The SMILES string of the molecule is COCc1nc(CNC(=O)c2ccc3c(c2)NC(=O)CO3)cs1. The summed E-state index contributed by atoms with van der Waals surface area (Å²) in [6, 6.07) is 4.92. The van der Waals surface area contributed by atoms with Crippen LogP contribution in [0.3, 0.4) is 0 Å². The number of hydrogen-bond donors (Lipinski definition) is 2. The number of hydrogen-bond acceptors (Lipinski definition) is 6. The third-order valence-electron chi connectivity index (χ3n) is 3.17. The fraction of sp³-hybridized carbons (Fsp3) is 0.267. The van der Waals surface area contributed by atoms with Gasteiger partial charge in [0.05, 0.1) is 24.5 Å². The lowest BCUT2D eigenvalue weighted by atomic mass is 10.1. The Morgan fingerprint density at radius 1 is 1.52 bits per heavy atom. The van der Waals surface area contributed by atoms with Crippen LogP contribution in [0.4, 0.5) is 5.69 Å². The molecule has 7 nitrogen and oxygen atoms in total. The van der Waals surface area contributed by atoms with Gasteiger partial charge in [0.25, 0.3) is 11.8 Å². The van der Waals surface area contributed by atoms with Crippen LogP contribution in [-0.2, 0) is 22.7 Å². The molecule has 1 aromatic carbocycles. The quantitative estimate of drug-likeness (QED) is 0.866. The van der Waals surface area contributed by atoms with Crippen LogP contribution in [0.1, 0.15) is 21.1 Å². The van der Waals surface area contributed by atoms with E-state index in [9.17, 15) is 9.59 Å². The minimum Gasteiger partial charge on any atom is -0.482 e. The van der Waals surface area contributed by atoms with Crippen LogP contribution < -0.4 is 15.4 Å². The van der Waals surface area contributed by atoms with E-state index in [0.29, 0.717) is 30.2 Å². The number of nitrogens with zero attached hydrogens (tertiary/aromatic N) is 1. The smallest absolute Gasteiger partial charge is 0.262 e. The number of carbonyl (C=O) groups is 2. The van der Waals surface area contributed by atoms with E-state index in [4.69, 9.17) is 9.47 Å². The predicted molar refractivity (Wildman–Crippen MR) is 84.6 cm³/mol. The van der Waals surface area contributed by atoms with Gasteiger partial charge in [0.1, 0.15) is 10.8 Å². The van der Waals surface area contributed by atoms with Crippen LogP contribution in [0.25, 0.3) is 0 Å². The molecule has 3 rings (SSSR count). The van der Waals surface area contributed by atoms with Gasteiger partial charge in [-0.15, -0.1) is 11.3 Å². The van der Waals surface area contributed by atoms with Crippen LogP contribution in [-0.4, -0.2) is 30.5 Å². The molecular formula is C15H15N3O4S. The molecule has 2 heterocycles. The first-order valence-corrected chi connectivity index (χ1v) is 7.81. The summed E-state index contributed by atoms with van der Waals surface area (Å²) >= 11 is 1.49. The second-order valence-corrected chi connectivity index (χ2v) is 5.84.